The smallest absolute Gasteiger partial charge is 0.409 e. The standard InChI is InChI=1S/C23H21FN4O3/c1-27-18-13-25-17-5-3-14(15-4-6-19(24)26-12-15)11-16(17)20(18)23(21(27)29)7-9-28(10-8-23)22(30)31-2/h3-6,11-13H,7-10H2,1-2H3. The first-order valence-corrected chi connectivity index (χ1v) is 10.1. The van der Waals surface area contributed by atoms with Gasteiger partial charge in [-0.25, -0.2) is 9.78 Å². The molecule has 1 spiro atoms. The molecule has 0 bridgehead atoms. The van der Waals surface area contributed by atoms with Crippen LogP contribution in [0.25, 0.3) is 22.0 Å². The van der Waals surface area contributed by atoms with E-state index in [0.29, 0.717) is 25.9 Å². The first kappa shape index (κ1) is 19.4. The number of carbonyl (C=O) groups is 2. The van der Waals surface area contributed by atoms with Crippen LogP contribution in [0.1, 0.15) is 18.4 Å². The predicted octanol–water partition coefficient (Wildman–Crippen LogP) is 3.51. The predicted molar refractivity (Wildman–Crippen MR) is 113 cm³/mol. The summed E-state index contributed by atoms with van der Waals surface area (Å²) in [7, 11) is 3.13. The van der Waals surface area contributed by atoms with E-state index in [1.165, 1.54) is 19.4 Å². The van der Waals surface area contributed by atoms with Crippen molar-refractivity contribution < 1.29 is 18.7 Å². The minimum atomic E-state index is -0.713. The number of aromatic nitrogens is 2. The molecule has 2 aromatic heterocycles. The van der Waals surface area contributed by atoms with Gasteiger partial charge in [0.2, 0.25) is 11.9 Å². The number of fused-ring (bicyclic) bond motifs is 4. The average molecular weight is 420 g/mol. The van der Waals surface area contributed by atoms with Crippen molar-refractivity contribution in [2.24, 2.45) is 0 Å². The lowest BCUT2D eigenvalue weighted by Gasteiger charge is -2.38. The van der Waals surface area contributed by atoms with Crippen LogP contribution in [0.5, 0.6) is 0 Å². The van der Waals surface area contributed by atoms with E-state index in [1.807, 2.05) is 18.2 Å². The van der Waals surface area contributed by atoms with Crippen LogP contribution in [0, 0.1) is 5.95 Å². The monoisotopic (exact) mass is 420 g/mol. The quantitative estimate of drug-likeness (QED) is 0.563. The summed E-state index contributed by atoms with van der Waals surface area (Å²) in [6.45, 7) is 0.883. The van der Waals surface area contributed by atoms with Crippen molar-refractivity contribution in [1.82, 2.24) is 14.9 Å². The average Bonchev–Trinajstić information content (AvgIpc) is 3.01. The van der Waals surface area contributed by atoms with E-state index < -0.39 is 11.4 Å². The maximum Gasteiger partial charge on any atom is 0.409 e. The molecule has 31 heavy (non-hydrogen) atoms. The Morgan fingerprint density at radius 1 is 1.10 bits per heavy atom. The lowest BCUT2D eigenvalue weighted by atomic mass is 9.72. The molecule has 2 aliphatic heterocycles. The zero-order valence-corrected chi connectivity index (χ0v) is 17.3. The molecule has 3 aromatic rings. The Morgan fingerprint density at radius 2 is 1.84 bits per heavy atom. The number of ether oxygens (including phenoxy) is 1. The van der Waals surface area contributed by atoms with Crippen LogP contribution in [-0.2, 0) is 14.9 Å². The highest BCUT2D eigenvalue weighted by molar-refractivity contribution is 6.12. The molecule has 1 saturated heterocycles. The number of nitrogens with zero attached hydrogens (tertiary/aromatic N) is 4. The number of hydrogen-bond acceptors (Lipinski definition) is 5. The van der Waals surface area contributed by atoms with Crippen molar-refractivity contribution in [3.05, 3.63) is 54.2 Å². The van der Waals surface area contributed by atoms with Crippen molar-refractivity contribution in [3.63, 3.8) is 0 Å². The van der Waals surface area contributed by atoms with Gasteiger partial charge in [-0.15, -0.1) is 0 Å². The Bertz CT molecular complexity index is 1200. The fourth-order valence-corrected chi connectivity index (χ4v) is 4.87. The molecule has 0 unspecified atom stereocenters. The van der Waals surface area contributed by atoms with E-state index in [-0.39, 0.29) is 12.0 Å². The van der Waals surface area contributed by atoms with E-state index in [1.54, 1.807) is 29.1 Å². The second kappa shape index (κ2) is 7.01. The van der Waals surface area contributed by atoms with Crippen LogP contribution in [0.15, 0.2) is 42.7 Å². The number of piperidine rings is 1. The lowest BCUT2D eigenvalue weighted by molar-refractivity contribution is -0.124. The van der Waals surface area contributed by atoms with Gasteiger partial charge in [-0.3, -0.25) is 9.78 Å². The lowest BCUT2D eigenvalue weighted by Crippen LogP contribution is -2.49. The highest BCUT2D eigenvalue weighted by Gasteiger charge is 2.52. The summed E-state index contributed by atoms with van der Waals surface area (Å²) in [5, 5.41) is 0.892. The summed E-state index contributed by atoms with van der Waals surface area (Å²) in [5.41, 5.74) is 3.47. The third-order valence-electron chi connectivity index (χ3n) is 6.51. The summed E-state index contributed by atoms with van der Waals surface area (Å²) in [6, 6.07) is 8.84. The first-order chi connectivity index (χ1) is 14.9. The van der Waals surface area contributed by atoms with Gasteiger partial charge in [-0.1, -0.05) is 6.07 Å². The molecule has 0 aliphatic carbocycles. The molecule has 158 valence electrons. The van der Waals surface area contributed by atoms with E-state index in [9.17, 15) is 14.0 Å². The number of likely N-dealkylation sites (N-methyl/N-ethyl adjacent to an activating group) is 1. The second-order valence-corrected chi connectivity index (χ2v) is 8.02. The van der Waals surface area contributed by atoms with Crippen LogP contribution in [0.2, 0.25) is 0 Å². The number of halogens is 1. The Labute approximate surface area is 178 Å². The fourth-order valence-electron chi connectivity index (χ4n) is 4.87. The van der Waals surface area contributed by atoms with E-state index >= 15 is 0 Å². The highest BCUT2D eigenvalue weighted by Crippen LogP contribution is 2.50. The van der Waals surface area contributed by atoms with Gasteiger partial charge in [0.1, 0.15) is 0 Å². The van der Waals surface area contributed by atoms with Crippen LogP contribution in [-0.4, -0.2) is 54.1 Å². The van der Waals surface area contributed by atoms with E-state index in [0.717, 1.165) is 33.3 Å². The Balaban J connectivity index is 1.65. The van der Waals surface area contributed by atoms with E-state index in [2.05, 4.69) is 9.97 Å². The van der Waals surface area contributed by atoms with Gasteiger partial charge >= 0.3 is 6.09 Å². The number of pyridine rings is 2. The minimum Gasteiger partial charge on any atom is -0.453 e. The highest BCUT2D eigenvalue weighted by atomic mass is 19.1. The SMILES string of the molecule is COC(=O)N1CCC2(CC1)C(=O)N(C)c1cnc3ccc(-c4ccc(F)nc4)cc3c12. The summed E-state index contributed by atoms with van der Waals surface area (Å²) in [6.07, 6.45) is 3.89. The number of rotatable bonds is 1. The van der Waals surface area contributed by atoms with Crippen molar-refractivity contribution in [1.29, 1.82) is 0 Å². The molecule has 7 nitrogen and oxygen atoms in total. The summed E-state index contributed by atoms with van der Waals surface area (Å²) < 4.78 is 18.1. The molecule has 8 heteroatoms. The number of methoxy groups -OCH3 is 1. The molecule has 4 heterocycles. The van der Waals surface area contributed by atoms with Crippen LogP contribution in [0.3, 0.4) is 0 Å². The summed E-state index contributed by atoms with van der Waals surface area (Å²) in [5.74, 6) is -0.509. The molecule has 1 aromatic carbocycles. The van der Waals surface area contributed by atoms with Gasteiger partial charge in [-0.2, -0.15) is 4.39 Å². The molecule has 1 fully saturated rings. The van der Waals surface area contributed by atoms with Crippen LogP contribution in [0.4, 0.5) is 14.9 Å². The largest absolute Gasteiger partial charge is 0.453 e. The number of hydrogen-bond donors (Lipinski definition) is 0. The third kappa shape index (κ3) is 2.85. The van der Waals surface area contributed by atoms with Crippen LogP contribution < -0.4 is 4.90 Å². The second-order valence-electron chi connectivity index (χ2n) is 8.02. The van der Waals surface area contributed by atoms with E-state index in [4.69, 9.17) is 4.74 Å². The minimum absolute atomic E-state index is 0.0233. The molecular formula is C23H21FN4O3. The Morgan fingerprint density at radius 3 is 2.52 bits per heavy atom. The van der Waals surface area contributed by atoms with Crippen molar-refractivity contribution >= 4 is 28.6 Å². The summed E-state index contributed by atoms with van der Waals surface area (Å²) in [4.78, 5) is 37.0. The maximum atomic E-state index is 13.4. The molecule has 0 saturated carbocycles. The van der Waals surface area contributed by atoms with Gasteiger partial charge in [0.25, 0.3) is 0 Å². The number of amides is 2. The van der Waals surface area contributed by atoms with Crippen molar-refractivity contribution in [2.75, 3.05) is 32.1 Å². The number of anilines is 1. The van der Waals surface area contributed by atoms with Crippen LogP contribution >= 0.6 is 0 Å². The Kier molecular flexibility index (Phi) is 4.39. The molecule has 5 rings (SSSR count). The number of likely N-dealkylation sites (tertiary alicyclic amines) is 1. The molecule has 2 amide bonds. The van der Waals surface area contributed by atoms with Gasteiger partial charge in [-0.05, 0) is 42.7 Å². The third-order valence-corrected chi connectivity index (χ3v) is 6.51. The fraction of sp³-hybridized carbons (Fsp3) is 0.304. The topological polar surface area (TPSA) is 75.6 Å². The van der Waals surface area contributed by atoms with Crippen molar-refractivity contribution in [3.8, 4) is 11.1 Å². The molecular weight excluding hydrogens is 399 g/mol. The van der Waals surface area contributed by atoms with Gasteiger partial charge in [0.05, 0.1) is 29.9 Å². The zero-order valence-electron chi connectivity index (χ0n) is 17.3. The summed E-state index contributed by atoms with van der Waals surface area (Å²) >= 11 is 0. The molecule has 2 aliphatic rings. The molecule has 0 atom stereocenters. The normalized spacial score (nSPS) is 17.3. The van der Waals surface area contributed by atoms with Crippen molar-refractivity contribution in [2.45, 2.75) is 18.3 Å². The van der Waals surface area contributed by atoms with Gasteiger partial charge in [0.15, 0.2) is 0 Å². The molecule has 0 N–H and O–H groups in total. The maximum absolute atomic E-state index is 13.4. The van der Waals surface area contributed by atoms with Gasteiger partial charge < -0.3 is 14.5 Å². The number of carbonyl (C=O) groups excluding carboxylic acids is 2. The molecule has 0 radical (unpaired) electrons. The van der Waals surface area contributed by atoms with Gasteiger partial charge in [0, 0.05) is 42.8 Å². The Hall–Kier alpha value is -3.55. The number of benzene rings is 1. The first-order valence-electron chi connectivity index (χ1n) is 10.1. The zero-order chi connectivity index (χ0) is 21.8.